The minimum absolute atomic E-state index is 0.114. The van der Waals surface area contributed by atoms with E-state index in [4.69, 9.17) is 9.47 Å². The zero-order chi connectivity index (χ0) is 25.5. The predicted octanol–water partition coefficient (Wildman–Crippen LogP) is 3.61. The second-order valence-corrected chi connectivity index (χ2v) is 8.79. The van der Waals surface area contributed by atoms with Gasteiger partial charge in [-0.2, -0.15) is 5.10 Å². The summed E-state index contributed by atoms with van der Waals surface area (Å²) >= 11 is 0. The van der Waals surface area contributed by atoms with Crippen LogP contribution in [0.15, 0.2) is 59.4 Å². The van der Waals surface area contributed by atoms with Gasteiger partial charge in [-0.3, -0.25) is 14.5 Å². The molecule has 2 aromatic carbocycles. The number of ether oxygens (including phenoxy) is 2. The third-order valence-electron chi connectivity index (χ3n) is 6.12. The summed E-state index contributed by atoms with van der Waals surface area (Å²) < 4.78 is 39.3. The van der Waals surface area contributed by atoms with Crippen molar-refractivity contribution in [3.8, 4) is 11.3 Å². The van der Waals surface area contributed by atoms with Gasteiger partial charge in [0.05, 0.1) is 38.0 Å². The van der Waals surface area contributed by atoms with Gasteiger partial charge in [-0.25, -0.2) is 13.5 Å². The maximum absolute atomic E-state index is 13.7. The molecular weight excluding hydrogens is 468 g/mol. The van der Waals surface area contributed by atoms with Crippen LogP contribution in [0, 0.1) is 11.6 Å². The van der Waals surface area contributed by atoms with Gasteiger partial charge in [-0.05, 0) is 42.7 Å². The average molecular weight is 498 g/mol. The second-order valence-electron chi connectivity index (χ2n) is 8.79. The van der Waals surface area contributed by atoms with Crippen LogP contribution in [-0.4, -0.2) is 60.1 Å². The lowest BCUT2D eigenvalue weighted by atomic mass is 10.0. The molecule has 2 heterocycles. The number of morpholine rings is 1. The van der Waals surface area contributed by atoms with Gasteiger partial charge in [-0.1, -0.05) is 24.3 Å². The molecule has 1 aliphatic heterocycles. The van der Waals surface area contributed by atoms with Gasteiger partial charge in [0.2, 0.25) is 0 Å². The van der Waals surface area contributed by atoms with Crippen molar-refractivity contribution in [2.75, 3.05) is 39.5 Å². The molecule has 36 heavy (non-hydrogen) atoms. The molecule has 0 aliphatic carbocycles. The van der Waals surface area contributed by atoms with E-state index < -0.39 is 17.7 Å². The molecule has 1 aromatic heterocycles. The first-order valence-electron chi connectivity index (χ1n) is 12.0. The van der Waals surface area contributed by atoms with Crippen LogP contribution in [0.2, 0.25) is 0 Å². The zero-order valence-electron chi connectivity index (χ0n) is 20.2. The molecule has 1 fully saturated rings. The highest BCUT2D eigenvalue weighted by Gasteiger charge is 2.15. The molecule has 0 amide bonds. The van der Waals surface area contributed by atoms with Gasteiger partial charge < -0.3 is 9.47 Å². The largest absolute Gasteiger partial charge is 0.465 e. The van der Waals surface area contributed by atoms with Crippen molar-refractivity contribution in [1.82, 2.24) is 14.7 Å². The first kappa shape index (κ1) is 25.7. The summed E-state index contributed by atoms with van der Waals surface area (Å²) in [6, 6.07) is 12.7. The van der Waals surface area contributed by atoms with Gasteiger partial charge in [0.15, 0.2) is 0 Å². The highest BCUT2D eigenvalue weighted by molar-refractivity contribution is 5.72. The molecule has 1 saturated heterocycles. The van der Waals surface area contributed by atoms with Crippen LogP contribution in [0.1, 0.15) is 30.5 Å². The lowest BCUT2D eigenvalue weighted by molar-refractivity contribution is -0.143. The Labute approximate surface area is 208 Å². The van der Waals surface area contributed by atoms with E-state index in [1.54, 1.807) is 6.92 Å². The van der Waals surface area contributed by atoms with Gasteiger partial charge in [0.25, 0.3) is 5.56 Å². The van der Waals surface area contributed by atoms with Crippen LogP contribution >= 0.6 is 0 Å². The van der Waals surface area contributed by atoms with Crippen molar-refractivity contribution < 1.29 is 23.0 Å². The summed E-state index contributed by atoms with van der Waals surface area (Å²) in [4.78, 5) is 27.2. The van der Waals surface area contributed by atoms with Crippen molar-refractivity contribution in [2.45, 2.75) is 25.8 Å². The summed E-state index contributed by atoms with van der Waals surface area (Å²) in [5, 5.41) is 4.35. The van der Waals surface area contributed by atoms with E-state index in [0.717, 1.165) is 68.6 Å². The van der Waals surface area contributed by atoms with E-state index in [1.807, 2.05) is 24.3 Å². The Morgan fingerprint density at radius 2 is 1.83 bits per heavy atom. The lowest BCUT2D eigenvalue weighted by Gasteiger charge is -2.26. The fraction of sp³-hybridized carbons (Fsp3) is 0.370. The molecule has 7 nitrogen and oxygen atoms in total. The topological polar surface area (TPSA) is 73.7 Å². The number of hydrogen-bond acceptors (Lipinski definition) is 6. The molecule has 1 aliphatic rings. The summed E-state index contributed by atoms with van der Waals surface area (Å²) in [6.45, 7) is 6.31. The first-order valence-corrected chi connectivity index (χ1v) is 12.0. The second kappa shape index (κ2) is 12.0. The number of aromatic nitrogens is 2. The van der Waals surface area contributed by atoms with Crippen LogP contribution in [0.3, 0.4) is 0 Å². The number of rotatable bonds is 9. The molecule has 0 spiro atoms. The monoisotopic (exact) mass is 497 g/mol. The van der Waals surface area contributed by atoms with E-state index in [1.165, 1.54) is 16.8 Å². The zero-order valence-corrected chi connectivity index (χ0v) is 20.2. The third-order valence-corrected chi connectivity index (χ3v) is 6.12. The summed E-state index contributed by atoms with van der Waals surface area (Å²) in [5.74, 6) is -1.76. The molecule has 1 atom stereocenters. The van der Waals surface area contributed by atoms with Crippen LogP contribution < -0.4 is 5.56 Å². The van der Waals surface area contributed by atoms with Crippen LogP contribution in [-0.2, 0) is 20.7 Å². The Morgan fingerprint density at radius 1 is 1.08 bits per heavy atom. The maximum atomic E-state index is 13.7. The van der Waals surface area contributed by atoms with Crippen molar-refractivity contribution >= 4 is 5.97 Å². The molecule has 0 radical (unpaired) electrons. The number of benzene rings is 2. The SMILES string of the molecule is CC(c1cccc(CC(=O)OCCCN2CCOCC2)c1)n1nc(-c2cc(F)cc(F)c2)ccc1=O. The molecule has 4 rings (SSSR count). The highest BCUT2D eigenvalue weighted by atomic mass is 19.1. The van der Waals surface area contributed by atoms with Crippen molar-refractivity contribution in [3.05, 3.63) is 87.7 Å². The van der Waals surface area contributed by atoms with Gasteiger partial charge >= 0.3 is 5.97 Å². The van der Waals surface area contributed by atoms with Crippen molar-refractivity contribution in [3.63, 3.8) is 0 Å². The number of hydrogen-bond donors (Lipinski definition) is 0. The van der Waals surface area contributed by atoms with E-state index >= 15 is 0 Å². The smallest absolute Gasteiger partial charge is 0.310 e. The fourth-order valence-electron chi connectivity index (χ4n) is 4.18. The highest BCUT2D eigenvalue weighted by Crippen LogP contribution is 2.22. The van der Waals surface area contributed by atoms with Crippen LogP contribution in [0.5, 0.6) is 0 Å². The standard InChI is InChI=1S/C27H29F2N3O4/c1-19(32-26(33)7-6-25(30-32)22-16-23(28)18-24(29)17-22)21-5-2-4-20(14-21)15-27(34)36-11-3-8-31-9-12-35-13-10-31/h2,4-7,14,16-19H,3,8-13,15H2,1H3. The fourth-order valence-corrected chi connectivity index (χ4v) is 4.18. The van der Waals surface area contributed by atoms with E-state index in [2.05, 4.69) is 10.00 Å². The molecule has 3 aromatic rings. The number of nitrogens with zero attached hydrogens (tertiary/aromatic N) is 3. The molecule has 0 saturated carbocycles. The molecular formula is C27H29F2N3O4. The van der Waals surface area contributed by atoms with Gasteiger partial charge in [0, 0.05) is 37.3 Å². The van der Waals surface area contributed by atoms with Crippen LogP contribution in [0.4, 0.5) is 8.78 Å². The Balaban J connectivity index is 1.39. The van der Waals surface area contributed by atoms with E-state index in [-0.39, 0.29) is 29.2 Å². The number of halogens is 2. The Kier molecular flexibility index (Phi) is 8.56. The molecule has 0 bridgehead atoms. The van der Waals surface area contributed by atoms with Crippen LogP contribution in [0.25, 0.3) is 11.3 Å². The molecule has 1 unspecified atom stereocenters. The summed E-state index contributed by atoms with van der Waals surface area (Å²) in [7, 11) is 0. The molecule has 0 N–H and O–H groups in total. The number of carbonyl (C=O) groups is 1. The van der Waals surface area contributed by atoms with Crippen molar-refractivity contribution in [1.29, 1.82) is 0 Å². The third kappa shape index (κ3) is 6.83. The molecule has 190 valence electrons. The minimum atomic E-state index is -0.724. The van der Waals surface area contributed by atoms with E-state index in [0.29, 0.717) is 6.61 Å². The number of carbonyl (C=O) groups excluding carboxylic acids is 1. The lowest BCUT2D eigenvalue weighted by Crippen LogP contribution is -2.37. The average Bonchev–Trinajstić information content (AvgIpc) is 2.87. The van der Waals surface area contributed by atoms with E-state index in [9.17, 15) is 18.4 Å². The Bertz CT molecular complexity index is 1240. The van der Waals surface area contributed by atoms with Gasteiger partial charge in [-0.15, -0.1) is 0 Å². The normalized spacial score (nSPS) is 15.0. The quantitative estimate of drug-likeness (QED) is 0.332. The predicted molar refractivity (Wildman–Crippen MR) is 131 cm³/mol. The van der Waals surface area contributed by atoms with Crippen molar-refractivity contribution in [2.24, 2.45) is 0 Å². The maximum Gasteiger partial charge on any atom is 0.310 e. The Hall–Kier alpha value is -3.43. The van der Waals surface area contributed by atoms with Gasteiger partial charge in [0.1, 0.15) is 11.6 Å². The summed E-state index contributed by atoms with van der Waals surface area (Å²) in [6.07, 6.45) is 0.881. The molecule has 9 heteroatoms. The Morgan fingerprint density at radius 3 is 2.58 bits per heavy atom. The number of esters is 1. The first-order chi connectivity index (χ1) is 17.4. The minimum Gasteiger partial charge on any atom is -0.465 e. The summed E-state index contributed by atoms with van der Waals surface area (Å²) in [5.41, 5.74) is 1.68.